The highest BCUT2D eigenvalue weighted by molar-refractivity contribution is 5.98. The molecule has 1 aliphatic rings. The quantitative estimate of drug-likeness (QED) is 0.793. The first-order valence-corrected chi connectivity index (χ1v) is 9.09. The first kappa shape index (κ1) is 18.8. The van der Waals surface area contributed by atoms with E-state index < -0.39 is 11.4 Å². The van der Waals surface area contributed by atoms with Gasteiger partial charge in [0.15, 0.2) is 5.78 Å². The summed E-state index contributed by atoms with van der Waals surface area (Å²) in [5, 5.41) is 9.25. The number of ketones is 1. The minimum absolute atomic E-state index is 0.0804. The van der Waals surface area contributed by atoms with Crippen LogP contribution in [0.15, 0.2) is 54.6 Å². The average Bonchev–Trinajstić information content (AvgIpc) is 3.10. The van der Waals surface area contributed by atoms with E-state index in [0.29, 0.717) is 18.5 Å². The summed E-state index contributed by atoms with van der Waals surface area (Å²) in [6, 6.07) is 17.3. The molecular weight excluding hydrogens is 342 g/mol. The van der Waals surface area contributed by atoms with E-state index in [1.165, 1.54) is 0 Å². The highest BCUT2D eigenvalue weighted by atomic mass is 16.4. The number of nitrogens with zero attached hydrogens (tertiary/aromatic N) is 1. The van der Waals surface area contributed by atoms with E-state index in [-0.39, 0.29) is 31.1 Å². The van der Waals surface area contributed by atoms with Gasteiger partial charge in [-0.25, -0.2) is 0 Å². The van der Waals surface area contributed by atoms with Crippen LogP contribution in [0.1, 0.15) is 36.5 Å². The van der Waals surface area contributed by atoms with Crippen molar-refractivity contribution in [1.82, 2.24) is 4.90 Å². The summed E-state index contributed by atoms with van der Waals surface area (Å²) in [6.07, 6.45) is 0.682. The van der Waals surface area contributed by atoms with Crippen molar-refractivity contribution in [2.24, 2.45) is 5.41 Å². The molecule has 1 heterocycles. The second kappa shape index (κ2) is 7.74. The van der Waals surface area contributed by atoms with Crippen molar-refractivity contribution >= 4 is 17.7 Å². The van der Waals surface area contributed by atoms with E-state index in [0.717, 1.165) is 11.1 Å². The first-order valence-electron chi connectivity index (χ1n) is 9.09. The highest BCUT2D eigenvalue weighted by Gasteiger charge is 2.41. The predicted octanol–water partition coefficient (Wildman–Crippen LogP) is 3.64. The number of rotatable bonds is 6. The van der Waals surface area contributed by atoms with Gasteiger partial charge in [-0.2, -0.15) is 0 Å². The molecule has 140 valence electrons. The van der Waals surface area contributed by atoms with Crippen molar-refractivity contribution in [3.63, 3.8) is 0 Å². The summed E-state index contributed by atoms with van der Waals surface area (Å²) in [6.45, 7) is 2.30. The lowest BCUT2D eigenvalue weighted by Gasteiger charge is -2.20. The first-order chi connectivity index (χ1) is 12.9. The molecule has 3 rings (SSSR count). The van der Waals surface area contributed by atoms with Crippen molar-refractivity contribution in [2.45, 2.75) is 26.2 Å². The molecule has 0 aromatic heterocycles. The summed E-state index contributed by atoms with van der Waals surface area (Å²) in [4.78, 5) is 37.5. The minimum Gasteiger partial charge on any atom is -0.481 e. The van der Waals surface area contributed by atoms with Crippen LogP contribution in [0.3, 0.4) is 0 Å². The van der Waals surface area contributed by atoms with Crippen LogP contribution in [0, 0.1) is 5.41 Å². The Balaban J connectivity index is 1.55. The lowest BCUT2D eigenvalue weighted by Crippen LogP contribution is -2.34. The number of carboxylic acids is 1. The van der Waals surface area contributed by atoms with Crippen LogP contribution < -0.4 is 0 Å². The summed E-state index contributed by atoms with van der Waals surface area (Å²) in [5.41, 5.74) is 1.82. The van der Waals surface area contributed by atoms with Crippen LogP contribution in [0.5, 0.6) is 0 Å². The third-order valence-corrected chi connectivity index (χ3v) is 5.22. The molecule has 0 spiro atoms. The SMILES string of the molecule is CC1(C(=O)O)CCN(C(=O)CCC(=O)c2ccc(-c3ccccc3)cc2)C1. The molecule has 1 amide bonds. The molecule has 27 heavy (non-hydrogen) atoms. The van der Waals surface area contributed by atoms with E-state index in [1.807, 2.05) is 42.5 Å². The smallest absolute Gasteiger partial charge is 0.311 e. The Morgan fingerprint density at radius 1 is 0.963 bits per heavy atom. The van der Waals surface area contributed by atoms with Gasteiger partial charge in [-0.05, 0) is 24.5 Å². The standard InChI is InChI=1S/C22H23NO4/c1-22(21(26)27)13-14-23(15-22)20(25)12-11-19(24)18-9-7-17(8-10-18)16-5-3-2-4-6-16/h2-10H,11-15H2,1H3,(H,26,27). The molecule has 5 heteroatoms. The number of Topliss-reactive ketones (excluding diaryl/α,β-unsaturated/α-hetero) is 1. The molecular formula is C22H23NO4. The van der Waals surface area contributed by atoms with Crippen LogP contribution in [0.4, 0.5) is 0 Å². The molecule has 1 saturated heterocycles. The lowest BCUT2D eigenvalue weighted by molar-refractivity contribution is -0.147. The second-order valence-electron chi connectivity index (χ2n) is 7.30. The minimum atomic E-state index is -0.882. The highest BCUT2D eigenvalue weighted by Crippen LogP contribution is 2.30. The fraction of sp³-hybridized carbons (Fsp3) is 0.318. The fourth-order valence-corrected chi connectivity index (χ4v) is 3.35. The molecule has 2 aromatic rings. The number of carbonyl (C=O) groups excluding carboxylic acids is 2. The number of benzene rings is 2. The van der Waals surface area contributed by atoms with E-state index in [9.17, 15) is 19.5 Å². The van der Waals surface area contributed by atoms with Crippen molar-refractivity contribution in [2.75, 3.05) is 13.1 Å². The van der Waals surface area contributed by atoms with Gasteiger partial charge in [-0.1, -0.05) is 54.6 Å². The monoisotopic (exact) mass is 365 g/mol. The van der Waals surface area contributed by atoms with Gasteiger partial charge in [0.2, 0.25) is 5.91 Å². The van der Waals surface area contributed by atoms with E-state index in [4.69, 9.17) is 0 Å². The Bertz CT molecular complexity index is 844. The molecule has 0 aliphatic carbocycles. The van der Waals surface area contributed by atoms with Gasteiger partial charge in [0.25, 0.3) is 0 Å². The van der Waals surface area contributed by atoms with Crippen molar-refractivity contribution in [1.29, 1.82) is 0 Å². The summed E-state index contributed by atoms with van der Waals surface area (Å²) in [5.74, 6) is -1.12. The lowest BCUT2D eigenvalue weighted by atomic mass is 9.90. The van der Waals surface area contributed by atoms with Gasteiger partial charge in [0.05, 0.1) is 5.41 Å². The summed E-state index contributed by atoms with van der Waals surface area (Å²) >= 11 is 0. The van der Waals surface area contributed by atoms with Crippen molar-refractivity contribution in [3.05, 3.63) is 60.2 Å². The average molecular weight is 365 g/mol. The van der Waals surface area contributed by atoms with Crippen LogP contribution in [-0.2, 0) is 9.59 Å². The van der Waals surface area contributed by atoms with Gasteiger partial charge < -0.3 is 10.0 Å². The van der Waals surface area contributed by atoms with Crippen molar-refractivity contribution < 1.29 is 19.5 Å². The van der Waals surface area contributed by atoms with Gasteiger partial charge in [0.1, 0.15) is 0 Å². The molecule has 1 fully saturated rings. The maximum Gasteiger partial charge on any atom is 0.311 e. The molecule has 1 atom stereocenters. The molecule has 2 aromatic carbocycles. The number of carbonyl (C=O) groups is 3. The van der Waals surface area contributed by atoms with Gasteiger partial charge >= 0.3 is 5.97 Å². The summed E-state index contributed by atoms with van der Waals surface area (Å²) in [7, 11) is 0. The molecule has 0 saturated carbocycles. The maximum atomic E-state index is 12.4. The Morgan fingerprint density at radius 3 is 2.19 bits per heavy atom. The fourth-order valence-electron chi connectivity index (χ4n) is 3.35. The summed E-state index contributed by atoms with van der Waals surface area (Å²) < 4.78 is 0. The third-order valence-electron chi connectivity index (χ3n) is 5.22. The maximum absolute atomic E-state index is 12.4. The number of likely N-dealkylation sites (tertiary alicyclic amines) is 1. The molecule has 1 N–H and O–H groups in total. The third kappa shape index (κ3) is 4.25. The van der Waals surface area contributed by atoms with Crippen LogP contribution in [0.2, 0.25) is 0 Å². The van der Waals surface area contributed by atoms with Crippen molar-refractivity contribution in [3.8, 4) is 11.1 Å². The molecule has 1 aliphatic heterocycles. The Kier molecular flexibility index (Phi) is 5.40. The van der Waals surface area contributed by atoms with E-state index in [1.54, 1.807) is 24.0 Å². The predicted molar refractivity (Wildman–Crippen MR) is 102 cm³/mol. The molecule has 5 nitrogen and oxygen atoms in total. The molecule has 0 bridgehead atoms. The number of aliphatic carboxylic acids is 1. The molecule has 1 unspecified atom stereocenters. The Labute approximate surface area is 158 Å². The van der Waals surface area contributed by atoms with Gasteiger partial charge in [-0.15, -0.1) is 0 Å². The normalized spacial score (nSPS) is 19.1. The molecule has 0 radical (unpaired) electrons. The zero-order valence-electron chi connectivity index (χ0n) is 15.4. The van der Waals surface area contributed by atoms with E-state index >= 15 is 0 Å². The number of carboxylic acid groups (broad SMARTS) is 1. The second-order valence-corrected chi connectivity index (χ2v) is 7.30. The number of hydrogen-bond acceptors (Lipinski definition) is 3. The van der Waals surface area contributed by atoms with Crippen LogP contribution >= 0.6 is 0 Å². The Hall–Kier alpha value is -2.95. The zero-order valence-corrected chi connectivity index (χ0v) is 15.4. The van der Waals surface area contributed by atoms with Gasteiger partial charge in [-0.3, -0.25) is 14.4 Å². The zero-order chi connectivity index (χ0) is 19.4. The van der Waals surface area contributed by atoms with Crippen LogP contribution in [-0.4, -0.2) is 40.8 Å². The topological polar surface area (TPSA) is 74.7 Å². The van der Waals surface area contributed by atoms with E-state index in [2.05, 4.69) is 0 Å². The van der Waals surface area contributed by atoms with Gasteiger partial charge in [0, 0.05) is 31.5 Å². The Morgan fingerprint density at radius 2 is 1.59 bits per heavy atom. The van der Waals surface area contributed by atoms with Crippen LogP contribution in [0.25, 0.3) is 11.1 Å². The number of amides is 1. The largest absolute Gasteiger partial charge is 0.481 e. The number of hydrogen-bond donors (Lipinski definition) is 1.